The van der Waals surface area contributed by atoms with Crippen LogP contribution in [-0.2, 0) is 11.3 Å². The number of amides is 1. The molecular formula is C22H21N5O2. The molecule has 29 heavy (non-hydrogen) atoms. The number of para-hydroxylation sites is 2. The number of hydrogen-bond donors (Lipinski definition) is 1. The molecule has 7 heteroatoms. The van der Waals surface area contributed by atoms with Crippen molar-refractivity contribution in [3.63, 3.8) is 0 Å². The lowest BCUT2D eigenvalue weighted by atomic mass is 10.1. The van der Waals surface area contributed by atoms with Gasteiger partial charge in [0.05, 0.1) is 23.3 Å². The van der Waals surface area contributed by atoms with E-state index in [1.165, 1.54) is 10.8 Å². The molecule has 0 aliphatic heterocycles. The largest absolute Gasteiger partial charge is 0.307 e. The molecule has 0 saturated carbocycles. The number of aryl methyl sites for hydroxylation is 1. The summed E-state index contributed by atoms with van der Waals surface area (Å²) in [6.07, 6.45) is 3.14. The Hall–Kier alpha value is -3.74. The van der Waals surface area contributed by atoms with Crippen LogP contribution in [0.3, 0.4) is 0 Å². The molecule has 0 aliphatic carbocycles. The average Bonchev–Trinajstić information content (AvgIpc) is 3.10. The summed E-state index contributed by atoms with van der Waals surface area (Å²) in [5, 5.41) is 7.36. The number of fused-ring (bicyclic) bond motifs is 1. The second-order valence-corrected chi connectivity index (χ2v) is 6.95. The zero-order valence-corrected chi connectivity index (χ0v) is 16.2. The van der Waals surface area contributed by atoms with Gasteiger partial charge < -0.3 is 5.32 Å². The number of nitrogens with zero attached hydrogens (tertiary/aromatic N) is 4. The van der Waals surface area contributed by atoms with Crippen molar-refractivity contribution >= 4 is 22.8 Å². The van der Waals surface area contributed by atoms with E-state index in [4.69, 9.17) is 0 Å². The molecule has 0 fully saturated rings. The van der Waals surface area contributed by atoms with Gasteiger partial charge in [-0.25, -0.2) is 4.98 Å². The molecule has 2 heterocycles. The van der Waals surface area contributed by atoms with E-state index in [9.17, 15) is 9.59 Å². The van der Waals surface area contributed by atoms with Crippen LogP contribution < -0.4 is 10.9 Å². The van der Waals surface area contributed by atoms with E-state index in [0.29, 0.717) is 16.9 Å². The highest BCUT2D eigenvalue weighted by Gasteiger charge is 2.15. The van der Waals surface area contributed by atoms with Crippen LogP contribution in [0.4, 0.5) is 5.82 Å². The third-order valence-electron chi connectivity index (χ3n) is 4.91. The number of nitrogens with one attached hydrogen (secondary N) is 1. The van der Waals surface area contributed by atoms with Crippen molar-refractivity contribution in [1.82, 2.24) is 19.3 Å². The van der Waals surface area contributed by atoms with Gasteiger partial charge in [-0.1, -0.05) is 42.5 Å². The fraction of sp³-hybridized carbons (Fsp3) is 0.182. The van der Waals surface area contributed by atoms with Crippen molar-refractivity contribution in [3.05, 3.63) is 88.5 Å². The Labute approximate surface area is 167 Å². The zero-order chi connectivity index (χ0) is 20.4. The lowest BCUT2D eigenvalue weighted by molar-refractivity contribution is -0.116. The van der Waals surface area contributed by atoms with Gasteiger partial charge in [0.1, 0.15) is 6.54 Å². The molecule has 0 spiro atoms. The van der Waals surface area contributed by atoms with Crippen molar-refractivity contribution in [2.75, 3.05) is 5.32 Å². The lowest BCUT2D eigenvalue weighted by Gasteiger charge is -2.12. The number of anilines is 1. The van der Waals surface area contributed by atoms with E-state index in [0.717, 1.165) is 11.1 Å². The van der Waals surface area contributed by atoms with Gasteiger partial charge in [-0.05, 0) is 31.5 Å². The van der Waals surface area contributed by atoms with Crippen LogP contribution in [0, 0.1) is 6.92 Å². The maximum Gasteiger partial charge on any atom is 0.269 e. The molecular weight excluding hydrogens is 366 g/mol. The molecule has 0 radical (unpaired) electrons. The highest BCUT2D eigenvalue weighted by Crippen LogP contribution is 2.21. The minimum Gasteiger partial charge on any atom is -0.307 e. The minimum atomic E-state index is -0.321. The fourth-order valence-electron chi connectivity index (χ4n) is 3.28. The Kier molecular flexibility index (Phi) is 4.95. The van der Waals surface area contributed by atoms with E-state index in [-0.39, 0.29) is 24.1 Å². The SMILES string of the molecule is Cc1cn(C(C)c2ccccc2)nc1NC(=O)Cn1c(=O)cnc2ccccc21. The molecule has 4 aromatic rings. The standard InChI is InChI=1S/C22H21N5O2/c1-15-13-27(16(2)17-8-4-3-5-9-17)25-22(15)24-20(28)14-26-19-11-7-6-10-18(19)23-12-21(26)29/h3-13,16H,14H2,1-2H3,(H,24,25,28). The van der Waals surface area contributed by atoms with Gasteiger partial charge in [0, 0.05) is 11.8 Å². The van der Waals surface area contributed by atoms with Crippen molar-refractivity contribution in [1.29, 1.82) is 0 Å². The normalized spacial score (nSPS) is 12.1. The van der Waals surface area contributed by atoms with Crippen LogP contribution in [-0.4, -0.2) is 25.2 Å². The highest BCUT2D eigenvalue weighted by atomic mass is 16.2. The second-order valence-electron chi connectivity index (χ2n) is 6.95. The Balaban J connectivity index is 1.55. The molecule has 146 valence electrons. The molecule has 1 N–H and O–H groups in total. The first-order valence-electron chi connectivity index (χ1n) is 9.38. The minimum absolute atomic E-state index is 0.0345. The number of aromatic nitrogens is 4. The molecule has 1 unspecified atom stereocenters. The summed E-state index contributed by atoms with van der Waals surface area (Å²) in [6.45, 7) is 3.84. The van der Waals surface area contributed by atoms with Gasteiger partial charge in [0.25, 0.3) is 5.56 Å². The second kappa shape index (κ2) is 7.71. The molecule has 1 amide bonds. The van der Waals surface area contributed by atoms with Crippen LogP contribution in [0.5, 0.6) is 0 Å². The first kappa shape index (κ1) is 18.6. The molecule has 0 aliphatic rings. The Morgan fingerprint density at radius 1 is 1.10 bits per heavy atom. The number of benzene rings is 2. The monoisotopic (exact) mass is 387 g/mol. The van der Waals surface area contributed by atoms with Crippen LogP contribution in [0.25, 0.3) is 11.0 Å². The van der Waals surface area contributed by atoms with E-state index in [1.807, 2.05) is 60.3 Å². The van der Waals surface area contributed by atoms with Gasteiger partial charge in [-0.15, -0.1) is 0 Å². The molecule has 7 nitrogen and oxygen atoms in total. The molecule has 1 atom stereocenters. The van der Waals surface area contributed by atoms with Crippen molar-refractivity contribution in [2.24, 2.45) is 0 Å². The quantitative estimate of drug-likeness (QED) is 0.570. The summed E-state index contributed by atoms with van der Waals surface area (Å²) in [7, 11) is 0. The number of carbonyl (C=O) groups excluding carboxylic acids is 1. The fourth-order valence-corrected chi connectivity index (χ4v) is 3.28. The van der Waals surface area contributed by atoms with E-state index >= 15 is 0 Å². The molecule has 0 bridgehead atoms. The van der Waals surface area contributed by atoms with Gasteiger partial charge in [0.2, 0.25) is 5.91 Å². The average molecular weight is 387 g/mol. The van der Waals surface area contributed by atoms with Gasteiger partial charge in [-0.3, -0.25) is 18.8 Å². The lowest BCUT2D eigenvalue weighted by Crippen LogP contribution is -2.28. The van der Waals surface area contributed by atoms with Crippen LogP contribution >= 0.6 is 0 Å². The van der Waals surface area contributed by atoms with E-state index in [1.54, 1.807) is 12.1 Å². The van der Waals surface area contributed by atoms with Gasteiger partial charge in [-0.2, -0.15) is 5.10 Å². The Morgan fingerprint density at radius 3 is 2.62 bits per heavy atom. The zero-order valence-electron chi connectivity index (χ0n) is 16.2. The third kappa shape index (κ3) is 3.80. The van der Waals surface area contributed by atoms with Gasteiger partial charge in [0.15, 0.2) is 5.82 Å². The predicted molar refractivity (Wildman–Crippen MR) is 112 cm³/mol. The molecule has 2 aromatic carbocycles. The Morgan fingerprint density at radius 2 is 1.83 bits per heavy atom. The Bertz CT molecular complexity index is 1230. The topological polar surface area (TPSA) is 81.8 Å². The summed E-state index contributed by atoms with van der Waals surface area (Å²) in [4.78, 5) is 29.0. The van der Waals surface area contributed by atoms with E-state index in [2.05, 4.69) is 22.3 Å². The van der Waals surface area contributed by atoms with Crippen molar-refractivity contribution in [2.45, 2.75) is 26.4 Å². The van der Waals surface area contributed by atoms with Crippen molar-refractivity contribution < 1.29 is 4.79 Å². The first-order valence-corrected chi connectivity index (χ1v) is 9.38. The smallest absolute Gasteiger partial charge is 0.269 e. The van der Waals surface area contributed by atoms with Gasteiger partial charge >= 0.3 is 0 Å². The molecule has 0 saturated heterocycles. The highest BCUT2D eigenvalue weighted by molar-refractivity contribution is 5.91. The third-order valence-corrected chi connectivity index (χ3v) is 4.91. The predicted octanol–water partition coefficient (Wildman–Crippen LogP) is 3.15. The number of carbonyl (C=O) groups is 1. The first-order chi connectivity index (χ1) is 14.0. The summed E-state index contributed by atoms with van der Waals surface area (Å²) >= 11 is 0. The number of rotatable bonds is 5. The van der Waals surface area contributed by atoms with Crippen LogP contribution in [0.15, 0.2) is 71.8 Å². The maximum atomic E-state index is 12.6. The van der Waals surface area contributed by atoms with Crippen LogP contribution in [0.1, 0.15) is 24.1 Å². The summed E-state index contributed by atoms with van der Waals surface area (Å²) < 4.78 is 3.24. The van der Waals surface area contributed by atoms with Crippen molar-refractivity contribution in [3.8, 4) is 0 Å². The summed E-state index contributed by atoms with van der Waals surface area (Å²) in [6, 6.07) is 17.3. The van der Waals surface area contributed by atoms with E-state index < -0.39 is 0 Å². The number of hydrogen-bond acceptors (Lipinski definition) is 4. The maximum absolute atomic E-state index is 12.6. The summed E-state index contributed by atoms with van der Waals surface area (Å²) in [5.41, 5.74) is 2.95. The molecule has 4 rings (SSSR count). The molecule has 2 aromatic heterocycles. The summed E-state index contributed by atoms with van der Waals surface area (Å²) in [5.74, 6) is 0.174. The van der Waals surface area contributed by atoms with Crippen LogP contribution in [0.2, 0.25) is 0 Å².